The molecule has 0 saturated carbocycles. The molecule has 0 aliphatic carbocycles. The van der Waals surface area contributed by atoms with Crippen LogP contribution >= 0.6 is 0 Å². The van der Waals surface area contributed by atoms with Gasteiger partial charge in [0.2, 0.25) is 0 Å². The molecule has 4 atom stereocenters. The molecule has 5 nitrogen and oxygen atoms in total. The molecule has 4 unspecified atom stereocenters. The molecule has 5 heteroatoms. The standard InChI is InChI=1S/C18H42N4O/c1-13-17(21(9)10,15(3)19(5)6)23-18(14-2,22(11)12)16(4)20(7)8/h15-16H,13-14H2,1-12H3. The van der Waals surface area contributed by atoms with Crippen LogP contribution in [0.4, 0.5) is 0 Å². The minimum atomic E-state index is -0.353. The maximum atomic E-state index is 7.06. The second-order valence-corrected chi connectivity index (χ2v) is 7.57. The second kappa shape index (κ2) is 8.77. The van der Waals surface area contributed by atoms with E-state index in [9.17, 15) is 0 Å². The van der Waals surface area contributed by atoms with Gasteiger partial charge in [0, 0.05) is 12.1 Å². The van der Waals surface area contributed by atoms with Gasteiger partial charge in [-0.2, -0.15) is 0 Å². The molecule has 0 fully saturated rings. The molecule has 0 aromatic carbocycles. The Morgan fingerprint density at radius 2 is 0.913 bits per heavy atom. The SMILES string of the molecule is CCC(OC(CC)(C(C)N(C)C)N(C)C)(C(C)N(C)C)N(C)C. The number of likely N-dealkylation sites (N-methyl/N-ethyl adjacent to an activating group) is 4. The van der Waals surface area contributed by atoms with Crippen LogP contribution in [0.1, 0.15) is 40.5 Å². The van der Waals surface area contributed by atoms with Gasteiger partial charge in [-0.05, 0) is 83.1 Å². The summed E-state index contributed by atoms with van der Waals surface area (Å²) in [6, 6.07) is 0.533. The first-order valence-electron chi connectivity index (χ1n) is 8.80. The Kier molecular flexibility index (Phi) is 8.69. The van der Waals surface area contributed by atoms with E-state index in [-0.39, 0.29) is 23.5 Å². The summed E-state index contributed by atoms with van der Waals surface area (Å²) in [5, 5.41) is 0. The minimum Gasteiger partial charge on any atom is -0.336 e. The molecular weight excluding hydrogens is 288 g/mol. The molecule has 0 saturated heterocycles. The van der Waals surface area contributed by atoms with Crippen molar-refractivity contribution in [3.8, 4) is 0 Å². The zero-order chi connectivity index (χ0) is 18.6. The Labute approximate surface area is 145 Å². The molecule has 0 N–H and O–H groups in total. The van der Waals surface area contributed by atoms with Gasteiger partial charge in [-0.25, -0.2) is 0 Å². The Balaban J connectivity index is 6.07. The molecule has 0 heterocycles. The van der Waals surface area contributed by atoms with E-state index in [2.05, 4.69) is 104 Å². The van der Waals surface area contributed by atoms with Crippen LogP contribution in [0.3, 0.4) is 0 Å². The predicted octanol–water partition coefficient (Wildman–Crippen LogP) is 2.24. The average Bonchev–Trinajstić information content (AvgIpc) is 2.47. The monoisotopic (exact) mass is 330 g/mol. The van der Waals surface area contributed by atoms with Gasteiger partial charge in [0.1, 0.15) is 11.4 Å². The van der Waals surface area contributed by atoms with Gasteiger partial charge >= 0.3 is 0 Å². The largest absolute Gasteiger partial charge is 0.336 e. The van der Waals surface area contributed by atoms with Crippen LogP contribution in [0.25, 0.3) is 0 Å². The van der Waals surface area contributed by atoms with Gasteiger partial charge in [-0.15, -0.1) is 0 Å². The lowest BCUT2D eigenvalue weighted by atomic mass is 9.94. The molecule has 140 valence electrons. The van der Waals surface area contributed by atoms with E-state index in [0.29, 0.717) is 0 Å². The van der Waals surface area contributed by atoms with E-state index >= 15 is 0 Å². The summed E-state index contributed by atoms with van der Waals surface area (Å²) in [6.07, 6.45) is 1.85. The minimum absolute atomic E-state index is 0.266. The highest BCUT2D eigenvalue weighted by Gasteiger charge is 2.50. The van der Waals surface area contributed by atoms with Crippen LogP contribution in [-0.4, -0.2) is 99.5 Å². The fourth-order valence-corrected chi connectivity index (χ4v) is 3.58. The van der Waals surface area contributed by atoms with E-state index in [1.54, 1.807) is 0 Å². The zero-order valence-electron chi connectivity index (χ0n) is 17.8. The van der Waals surface area contributed by atoms with Crippen LogP contribution < -0.4 is 0 Å². The van der Waals surface area contributed by atoms with Crippen LogP contribution in [0, 0.1) is 0 Å². The van der Waals surface area contributed by atoms with Crippen molar-refractivity contribution in [1.29, 1.82) is 0 Å². The first-order chi connectivity index (χ1) is 10.4. The van der Waals surface area contributed by atoms with Crippen LogP contribution in [0.15, 0.2) is 0 Å². The molecule has 0 aromatic heterocycles. The molecule has 0 aliphatic rings. The number of ether oxygens (including phenoxy) is 1. The van der Waals surface area contributed by atoms with Crippen molar-refractivity contribution in [3.63, 3.8) is 0 Å². The van der Waals surface area contributed by atoms with Crippen molar-refractivity contribution in [3.05, 3.63) is 0 Å². The first-order valence-corrected chi connectivity index (χ1v) is 8.80. The van der Waals surface area contributed by atoms with E-state index in [1.807, 2.05) is 0 Å². The third kappa shape index (κ3) is 4.45. The normalized spacial score (nSPS) is 20.9. The summed E-state index contributed by atoms with van der Waals surface area (Å²) in [4.78, 5) is 8.99. The first kappa shape index (κ1) is 22.8. The maximum absolute atomic E-state index is 7.06. The molecule has 0 rings (SSSR count). The van der Waals surface area contributed by atoms with Crippen LogP contribution in [-0.2, 0) is 4.74 Å². The Bertz CT molecular complexity index is 314. The van der Waals surface area contributed by atoms with Crippen molar-refractivity contribution in [2.75, 3.05) is 56.4 Å². The van der Waals surface area contributed by atoms with Crippen molar-refractivity contribution >= 4 is 0 Å². The topological polar surface area (TPSA) is 22.2 Å². The molecule has 0 spiro atoms. The summed E-state index contributed by atoms with van der Waals surface area (Å²) < 4.78 is 7.06. The quantitative estimate of drug-likeness (QED) is 0.571. The second-order valence-electron chi connectivity index (χ2n) is 7.57. The molecular formula is C18H42N4O. The van der Waals surface area contributed by atoms with E-state index in [0.717, 1.165) is 12.8 Å². The Hall–Kier alpha value is -0.200. The summed E-state index contributed by atoms with van der Waals surface area (Å²) in [5.74, 6) is 0. The number of nitrogens with zero attached hydrogens (tertiary/aromatic N) is 4. The molecule has 0 aliphatic heterocycles. The van der Waals surface area contributed by atoms with Crippen molar-refractivity contribution < 1.29 is 4.74 Å². The fourth-order valence-electron chi connectivity index (χ4n) is 3.58. The van der Waals surface area contributed by atoms with Gasteiger partial charge < -0.3 is 14.5 Å². The highest BCUT2D eigenvalue weighted by molar-refractivity contribution is 4.96. The number of hydrogen-bond acceptors (Lipinski definition) is 5. The molecule has 23 heavy (non-hydrogen) atoms. The van der Waals surface area contributed by atoms with Gasteiger partial charge in [-0.3, -0.25) is 9.80 Å². The van der Waals surface area contributed by atoms with Gasteiger partial charge in [0.05, 0.1) is 0 Å². The van der Waals surface area contributed by atoms with Crippen LogP contribution in [0.5, 0.6) is 0 Å². The van der Waals surface area contributed by atoms with Crippen molar-refractivity contribution in [2.45, 2.75) is 64.1 Å². The molecule has 0 aromatic rings. The van der Waals surface area contributed by atoms with Gasteiger partial charge in [0.15, 0.2) is 0 Å². The van der Waals surface area contributed by atoms with Gasteiger partial charge in [0.25, 0.3) is 0 Å². The van der Waals surface area contributed by atoms with Crippen molar-refractivity contribution in [2.24, 2.45) is 0 Å². The highest BCUT2D eigenvalue weighted by atomic mass is 16.6. The Morgan fingerprint density at radius 3 is 1.04 bits per heavy atom. The smallest absolute Gasteiger partial charge is 0.138 e. The van der Waals surface area contributed by atoms with E-state index < -0.39 is 0 Å². The summed E-state index contributed by atoms with van der Waals surface area (Å²) in [5.41, 5.74) is -0.706. The summed E-state index contributed by atoms with van der Waals surface area (Å²) in [6.45, 7) is 8.94. The lowest BCUT2D eigenvalue weighted by molar-refractivity contribution is -0.297. The fraction of sp³-hybridized carbons (Fsp3) is 1.00. The Morgan fingerprint density at radius 1 is 0.652 bits per heavy atom. The van der Waals surface area contributed by atoms with Crippen molar-refractivity contribution in [1.82, 2.24) is 19.6 Å². The van der Waals surface area contributed by atoms with Gasteiger partial charge in [-0.1, -0.05) is 13.8 Å². The maximum Gasteiger partial charge on any atom is 0.138 e. The summed E-state index contributed by atoms with van der Waals surface area (Å²) in [7, 11) is 17.0. The lowest BCUT2D eigenvalue weighted by Gasteiger charge is -2.55. The average molecular weight is 331 g/mol. The van der Waals surface area contributed by atoms with Crippen LogP contribution in [0.2, 0.25) is 0 Å². The number of hydrogen-bond donors (Lipinski definition) is 0. The zero-order valence-corrected chi connectivity index (χ0v) is 17.8. The summed E-state index contributed by atoms with van der Waals surface area (Å²) >= 11 is 0. The third-order valence-corrected chi connectivity index (χ3v) is 5.74. The lowest BCUT2D eigenvalue weighted by Crippen LogP contribution is -2.68. The predicted molar refractivity (Wildman–Crippen MR) is 101 cm³/mol. The molecule has 0 radical (unpaired) electrons. The molecule has 0 amide bonds. The van der Waals surface area contributed by atoms with E-state index in [1.165, 1.54) is 0 Å². The van der Waals surface area contributed by atoms with E-state index in [4.69, 9.17) is 4.74 Å². The third-order valence-electron chi connectivity index (χ3n) is 5.74. The highest BCUT2D eigenvalue weighted by Crippen LogP contribution is 2.37. The number of rotatable bonds is 10. The molecule has 0 bridgehead atoms.